The van der Waals surface area contributed by atoms with Crippen LogP contribution in [0, 0.1) is 0 Å². The van der Waals surface area contributed by atoms with Gasteiger partial charge in [0.1, 0.15) is 6.54 Å². The number of nitrogens with zero attached hydrogens (tertiary/aromatic N) is 2. The first-order chi connectivity index (χ1) is 8.63. The largest absolute Gasteiger partial charge is 0.465 e. The van der Waals surface area contributed by atoms with Crippen molar-refractivity contribution in [1.82, 2.24) is 9.88 Å². The van der Waals surface area contributed by atoms with Gasteiger partial charge in [0, 0.05) is 25.5 Å². The summed E-state index contributed by atoms with van der Waals surface area (Å²) >= 11 is 0. The molecule has 0 radical (unpaired) electrons. The van der Waals surface area contributed by atoms with Gasteiger partial charge in [-0.25, -0.2) is 0 Å². The molecule has 0 spiro atoms. The Bertz CT molecular complexity index is 429. The summed E-state index contributed by atoms with van der Waals surface area (Å²) in [6.07, 6.45) is 6.36. The molecule has 0 saturated carbocycles. The van der Waals surface area contributed by atoms with Gasteiger partial charge in [-0.15, -0.1) is 0 Å². The van der Waals surface area contributed by atoms with Crippen LogP contribution in [0.5, 0.6) is 0 Å². The van der Waals surface area contributed by atoms with Gasteiger partial charge in [0.15, 0.2) is 0 Å². The number of hydrogen-bond acceptors (Lipinski definition) is 4. The molecule has 96 valence electrons. The minimum absolute atomic E-state index is 0.0515. The van der Waals surface area contributed by atoms with Gasteiger partial charge in [0.2, 0.25) is 5.91 Å². The van der Waals surface area contributed by atoms with Crippen LogP contribution < -0.4 is 0 Å². The van der Waals surface area contributed by atoms with Gasteiger partial charge < -0.3 is 9.64 Å². The molecule has 0 N–H and O–H groups in total. The summed E-state index contributed by atoms with van der Waals surface area (Å²) in [5, 5.41) is 0. The molecule has 0 unspecified atom stereocenters. The van der Waals surface area contributed by atoms with Gasteiger partial charge in [0.25, 0.3) is 0 Å². The molecule has 5 heteroatoms. The summed E-state index contributed by atoms with van der Waals surface area (Å²) in [6, 6.07) is 3.62. The van der Waals surface area contributed by atoms with Crippen LogP contribution in [0.4, 0.5) is 0 Å². The van der Waals surface area contributed by atoms with Crippen molar-refractivity contribution < 1.29 is 14.3 Å². The van der Waals surface area contributed by atoms with E-state index < -0.39 is 5.97 Å². The maximum Gasteiger partial charge on any atom is 0.325 e. The van der Waals surface area contributed by atoms with E-state index in [9.17, 15) is 9.59 Å². The molecule has 5 nitrogen and oxygen atoms in total. The fraction of sp³-hybridized carbons (Fsp3) is 0.308. The van der Waals surface area contributed by atoms with Gasteiger partial charge in [-0.3, -0.25) is 14.6 Å². The standard InChI is InChI=1S/C13H16N2O3/c1-3-18-13(17)10-15(2)12(16)7-6-11-5-4-8-14-9-11/h4-9H,3,10H2,1-2H3/b7-6+. The molecule has 0 atom stereocenters. The Morgan fingerprint density at radius 3 is 2.89 bits per heavy atom. The number of aromatic nitrogens is 1. The van der Waals surface area contributed by atoms with Crippen molar-refractivity contribution in [2.24, 2.45) is 0 Å². The molecular weight excluding hydrogens is 232 g/mol. The highest BCUT2D eigenvalue weighted by Crippen LogP contribution is 1.99. The normalized spacial score (nSPS) is 10.3. The lowest BCUT2D eigenvalue weighted by Crippen LogP contribution is -2.31. The van der Waals surface area contributed by atoms with Crippen LogP contribution in [-0.4, -0.2) is 42.0 Å². The predicted octanol–water partition coefficient (Wildman–Crippen LogP) is 1.12. The first-order valence-corrected chi connectivity index (χ1v) is 5.62. The lowest BCUT2D eigenvalue weighted by Gasteiger charge is -2.13. The summed E-state index contributed by atoms with van der Waals surface area (Å²) in [7, 11) is 1.55. The van der Waals surface area contributed by atoms with E-state index in [2.05, 4.69) is 4.98 Å². The Balaban J connectivity index is 2.50. The number of amides is 1. The molecule has 0 aliphatic heterocycles. The van der Waals surface area contributed by atoms with E-state index in [1.54, 1.807) is 38.5 Å². The molecule has 1 aromatic rings. The van der Waals surface area contributed by atoms with Gasteiger partial charge >= 0.3 is 5.97 Å². The van der Waals surface area contributed by atoms with Crippen molar-refractivity contribution >= 4 is 18.0 Å². The van der Waals surface area contributed by atoms with Crippen LogP contribution in [-0.2, 0) is 14.3 Å². The molecule has 18 heavy (non-hydrogen) atoms. The highest BCUT2D eigenvalue weighted by molar-refractivity contribution is 5.93. The third kappa shape index (κ3) is 4.78. The summed E-state index contributed by atoms with van der Waals surface area (Å²) in [6.45, 7) is 1.98. The fourth-order valence-corrected chi connectivity index (χ4v) is 1.25. The zero-order valence-corrected chi connectivity index (χ0v) is 10.5. The van der Waals surface area contributed by atoms with Crippen molar-refractivity contribution in [2.45, 2.75) is 6.92 Å². The maximum absolute atomic E-state index is 11.7. The average Bonchev–Trinajstić information content (AvgIpc) is 2.37. The maximum atomic E-state index is 11.7. The number of ether oxygens (including phenoxy) is 1. The molecule has 0 aliphatic carbocycles. The third-order valence-corrected chi connectivity index (χ3v) is 2.15. The molecule has 0 saturated heterocycles. The van der Waals surface area contributed by atoms with Crippen LogP contribution in [0.1, 0.15) is 12.5 Å². The first kappa shape index (κ1) is 13.9. The summed E-state index contributed by atoms with van der Waals surface area (Å²) in [5.74, 6) is -0.671. The molecule has 1 heterocycles. The van der Waals surface area contributed by atoms with Crippen molar-refractivity contribution in [3.05, 3.63) is 36.2 Å². The summed E-state index contributed by atoms with van der Waals surface area (Å²) in [4.78, 5) is 28.1. The monoisotopic (exact) mass is 248 g/mol. The Kier molecular flexibility index (Phi) is 5.57. The molecule has 1 amide bonds. The lowest BCUT2D eigenvalue weighted by atomic mass is 10.2. The van der Waals surface area contributed by atoms with E-state index in [4.69, 9.17) is 4.74 Å². The number of pyridine rings is 1. The van der Waals surface area contributed by atoms with Crippen molar-refractivity contribution in [1.29, 1.82) is 0 Å². The van der Waals surface area contributed by atoms with Crippen LogP contribution >= 0.6 is 0 Å². The van der Waals surface area contributed by atoms with E-state index in [1.165, 1.54) is 11.0 Å². The van der Waals surface area contributed by atoms with Crippen molar-refractivity contribution in [3.63, 3.8) is 0 Å². The zero-order valence-electron chi connectivity index (χ0n) is 10.5. The predicted molar refractivity (Wildman–Crippen MR) is 67.5 cm³/mol. The Morgan fingerprint density at radius 2 is 2.28 bits per heavy atom. The molecule has 0 aliphatic rings. The lowest BCUT2D eigenvalue weighted by molar-refractivity contribution is -0.146. The number of carbonyl (C=O) groups excluding carboxylic acids is 2. The van der Waals surface area contributed by atoms with Gasteiger partial charge in [0.05, 0.1) is 6.61 Å². The molecule has 0 bridgehead atoms. The van der Waals surface area contributed by atoms with Crippen LogP contribution in [0.2, 0.25) is 0 Å². The molecule has 0 fully saturated rings. The van der Waals surface area contributed by atoms with Crippen LogP contribution in [0.3, 0.4) is 0 Å². The van der Waals surface area contributed by atoms with Crippen molar-refractivity contribution in [3.8, 4) is 0 Å². The number of hydrogen-bond donors (Lipinski definition) is 0. The van der Waals surface area contributed by atoms with Gasteiger partial charge in [-0.2, -0.15) is 0 Å². The van der Waals surface area contributed by atoms with E-state index in [-0.39, 0.29) is 12.5 Å². The molecule has 1 aromatic heterocycles. The second kappa shape index (κ2) is 7.21. The third-order valence-electron chi connectivity index (χ3n) is 2.15. The Labute approximate surface area is 106 Å². The first-order valence-electron chi connectivity index (χ1n) is 5.62. The number of likely N-dealkylation sites (N-methyl/N-ethyl adjacent to an activating group) is 1. The molecule has 0 aromatic carbocycles. The second-order valence-electron chi connectivity index (χ2n) is 3.62. The van der Waals surface area contributed by atoms with Gasteiger partial charge in [-0.1, -0.05) is 6.07 Å². The number of carbonyl (C=O) groups is 2. The van der Waals surface area contributed by atoms with Crippen LogP contribution in [0.15, 0.2) is 30.6 Å². The minimum atomic E-state index is -0.414. The van der Waals surface area contributed by atoms with Crippen molar-refractivity contribution in [2.75, 3.05) is 20.2 Å². The SMILES string of the molecule is CCOC(=O)CN(C)C(=O)/C=C/c1cccnc1. The Morgan fingerprint density at radius 1 is 1.50 bits per heavy atom. The van der Waals surface area contributed by atoms with E-state index in [0.29, 0.717) is 6.61 Å². The average molecular weight is 248 g/mol. The van der Waals surface area contributed by atoms with E-state index in [1.807, 2.05) is 6.07 Å². The highest BCUT2D eigenvalue weighted by atomic mass is 16.5. The smallest absolute Gasteiger partial charge is 0.325 e. The minimum Gasteiger partial charge on any atom is -0.465 e. The summed E-state index contributed by atoms with van der Waals surface area (Å²) in [5.41, 5.74) is 0.829. The molecule has 1 rings (SSSR count). The Hall–Kier alpha value is -2.17. The molecular formula is C13H16N2O3. The second-order valence-corrected chi connectivity index (χ2v) is 3.62. The van der Waals surface area contributed by atoms with Crippen LogP contribution in [0.25, 0.3) is 6.08 Å². The summed E-state index contributed by atoms with van der Waals surface area (Å²) < 4.78 is 4.76. The zero-order chi connectivity index (χ0) is 13.4. The topological polar surface area (TPSA) is 59.5 Å². The van der Waals surface area contributed by atoms with E-state index >= 15 is 0 Å². The number of rotatable bonds is 5. The van der Waals surface area contributed by atoms with E-state index in [0.717, 1.165) is 5.56 Å². The number of esters is 1. The fourth-order valence-electron chi connectivity index (χ4n) is 1.25. The highest BCUT2D eigenvalue weighted by Gasteiger charge is 2.10. The quantitative estimate of drug-likeness (QED) is 0.578. The van der Waals surface area contributed by atoms with Gasteiger partial charge in [-0.05, 0) is 24.6 Å².